The number of carbonyl (C=O) groups is 3. The van der Waals surface area contributed by atoms with Gasteiger partial charge in [-0.1, -0.05) is 20.8 Å². The highest BCUT2D eigenvalue weighted by molar-refractivity contribution is 6.10. The zero-order valence-corrected chi connectivity index (χ0v) is 13.2. The second-order valence-electron chi connectivity index (χ2n) is 6.94. The second kappa shape index (κ2) is 5.09. The molecule has 1 heterocycles. The molecule has 6 nitrogen and oxygen atoms in total. The minimum absolute atomic E-state index is 0.0563. The summed E-state index contributed by atoms with van der Waals surface area (Å²) < 4.78 is 0. The van der Waals surface area contributed by atoms with Crippen LogP contribution in [-0.4, -0.2) is 41.2 Å². The van der Waals surface area contributed by atoms with Crippen LogP contribution in [0, 0.1) is 17.3 Å². The molecule has 3 amide bonds. The van der Waals surface area contributed by atoms with Gasteiger partial charge in [-0.05, 0) is 31.7 Å². The topological polar surface area (TPSA) is 92.5 Å². The smallest absolute Gasteiger partial charge is 0.237 e. The highest BCUT2D eigenvalue weighted by Gasteiger charge is 2.72. The van der Waals surface area contributed by atoms with Gasteiger partial charge in [0.1, 0.15) is 0 Å². The second-order valence-corrected chi connectivity index (χ2v) is 6.94. The summed E-state index contributed by atoms with van der Waals surface area (Å²) in [6, 6.07) is 0. The summed E-state index contributed by atoms with van der Waals surface area (Å²) in [7, 11) is 0. The van der Waals surface area contributed by atoms with Gasteiger partial charge in [-0.25, -0.2) is 0 Å². The molecule has 118 valence electrons. The van der Waals surface area contributed by atoms with E-state index in [1.54, 1.807) is 6.92 Å². The summed E-state index contributed by atoms with van der Waals surface area (Å²) in [5, 5.41) is 3.07. The van der Waals surface area contributed by atoms with Crippen LogP contribution in [0.2, 0.25) is 0 Å². The Morgan fingerprint density at radius 1 is 1.33 bits per heavy atom. The molecule has 0 aromatic rings. The third-order valence-electron chi connectivity index (χ3n) is 5.06. The molecule has 0 aromatic heterocycles. The first kappa shape index (κ1) is 15.9. The molecule has 3 atom stereocenters. The number of piperidine rings is 1. The first-order valence-corrected chi connectivity index (χ1v) is 7.57. The van der Waals surface area contributed by atoms with Crippen molar-refractivity contribution in [2.75, 3.05) is 13.1 Å². The molecule has 2 fully saturated rings. The van der Waals surface area contributed by atoms with Crippen molar-refractivity contribution in [3.63, 3.8) is 0 Å². The minimum atomic E-state index is -0.789. The lowest BCUT2D eigenvalue weighted by molar-refractivity contribution is -0.143. The van der Waals surface area contributed by atoms with Crippen molar-refractivity contribution in [2.45, 2.75) is 46.1 Å². The van der Waals surface area contributed by atoms with E-state index in [9.17, 15) is 14.4 Å². The predicted molar refractivity (Wildman–Crippen MR) is 78.0 cm³/mol. The number of hydrogen-bond donors (Lipinski definition) is 2. The van der Waals surface area contributed by atoms with Crippen LogP contribution in [0.3, 0.4) is 0 Å². The molecule has 2 rings (SSSR count). The van der Waals surface area contributed by atoms with Gasteiger partial charge in [-0.15, -0.1) is 0 Å². The van der Waals surface area contributed by atoms with Gasteiger partial charge >= 0.3 is 0 Å². The molecule has 2 aliphatic rings. The first-order chi connectivity index (χ1) is 9.66. The molecule has 0 aromatic carbocycles. The van der Waals surface area contributed by atoms with E-state index >= 15 is 0 Å². The molecule has 21 heavy (non-hydrogen) atoms. The maximum absolute atomic E-state index is 12.2. The van der Waals surface area contributed by atoms with Gasteiger partial charge in [0.15, 0.2) is 0 Å². The average molecular weight is 295 g/mol. The van der Waals surface area contributed by atoms with Crippen LogP contribution in [0.1, 0.15) is 40.5 Å². The molecular formula is C15H25N3O3. The Kier molecular flexibility index (Phi) is 3.86. The minimum Gasteiger partial charge on any atom is -0.368 e. The molecule has 1 saturated heterocycles. The molecule has 0 spiro atoms. The van der Waals surface area contributed by atoms with Gasteiger partial charge in [0.05, 0.1) is 17.4 Å². The number of carbonyl (C=O) groups excluding carboxylic acids is 3. The number of likely N-dealkylation sites (N-methyl/N-ethyl adjacent to an activating group) is 1. The van der Waals surface area contributed by atoms with Crippen LogP contribution >= 0.6 is 0 Å². The zero-order valence-electron chi connectivity index (χ0n) is 13.2. The van der Waals surface area contributed by atoms with E-state index in [4.69, 9.17) is 5.73 Å². The van der Waals surface area contributed by atoms with Crippen LogP contribution in [0.25, 0.3) is 0 Å². The normalized spacial score (nSPS) is 29.2. The van der Waals surface area contributed by atoms with Gasteiger partial charge in [0.2, 0.25) is 17.7 Å². The molecular weight excluding hydrogens is 270 g/mol. The number of fused-ring (bicyclic) bond motifs is 1. The largest absolute Gasteiger partial charge is 0.368 e. The molecule has 0 radical (unpaired) electrons. The Bertz CT molecular complexity index is 465. The zero-order chi connectivity index (χ0) is 16.0. The first-order valence-electron chi connectivity index (χ1n) is 7.57. The summed E-state index contributed by atoms with van der Waals surface area (Å²) in [5.41, 5.74) is 4.46. The van der Waals surface area contributed by atoms with Crippen molar-refractivity contribution in [2.24, 2.45) is 23.0 Å². The standard InChI is InChI=1S/C15H25N3O3/c1-5-17-15(4,13(16)21)7-6-8-18-11(19)9-10(12(18)20)14(9,2)3/h9-10,17H,5-8H2,1-4H3,(H2,16,21). The molecule has 6 heteroatoms. The lowest BCUT2D eigenvalue weighted by atomic mass is 9.94. The van der Waals surface area contributed by atoms with E-state index in [2.05, 4.69) is 5.32 Å². The fraction of sp³-hybridized carbons (Fsp3) is 0.800. The fourth-order valence-corrected chi connectivity index (χ4v) is 3.50. The summed E-state index contributed by atoms with van der Waals surface area (Å²) in [6.07, 6.45) is 1.08. The maximum atomic E-state index is 12.2. The summed E-state index contributed by atoms with van der Waals surface area (Å²) in [6.45, 7) is 8.60. The Labute approximate surface area is 125 Å². The number of imide groups is 1. The van der Waals surface area contributed by atoms with Crippen molar-refractivity contribution in [3.8, 4) is 0 Å². The number of nitrogens with one attached hydrogen (secondary N) is 1. The maximum Gasteiger partial charge on any atom is 0.237 e. The van der Waals surface area contributed by atoms with Crippen LogP contribution in [0.5, 0.6) is 0 Å². The highest BCUT2D eigenvalue weighted by atomic mass is 16.2. The van der Waals surface area contributed by atoms with Crippen molar-refractivity contribution >= 4 is 17.7 Å². The molecule has 1 saturated carbocycles. The van der Waals surface area contributed by atoms with Gasteiger partial charge in [0, 0.05) is 6.54 Å². The van der Waals surface area contributed by atoms with Crippen molar-refractivity contribution in [3.05, 3.63) is 0 Å². The van der Waals surface area contributed by atoms with E-state index in [1.165, 1.54) is 4.90 Å². The van der Waals surface area contributed by atoms with Crippen molar-refractivity contribution in [1.82, 2.24) is 10.2 Å². The lowest BCUT2D eigenvalue weighted by Gasteiger charge is -2.28. The number of rotatable bonds is 7. The third-order valence-corrected chi connectivity index (χ3v) is 5.06. The van der Waals surface area contributed by atoms with Gasteiger partial charge < -0.3 is 11.1 Å². The summed E-state index contributed by atoms with van der Waals surface area (Å²) in [4.78, 5) is 37.3. The lowest BCUT2D eigenvalue weighted by Crippen LogP contribution is -2.53. The molecule has 3 N–H and O–H groups in total. The summed E-state index contributed by atoms with van der Waals surface area (Å²) >= 11 is 0. The Balaban J connectivity index is 1.89. The number of primary amides is 1. The molecule has 3 unspecified atom stereocenters. The van der Waals surface area contributed by atoms with Gasteiger partial charge in [-0.3, -0.25) is 19.3 Å². The van der Waals surface area contributed by atoms with Crippen LogP contribution in [-0.2, 0) is 14.4 Å². The van der Waals surface area contributed by atoms with Crippen LogP contribution < -0.4 is 11.1 Å². The number of nitrogens with zero attached hydrogens (tertiary/aromatic N) is 1. The van der Waals surface area contributed by atoms with Gasteiger partial charge in [-0.2, -0.15) is 0 Å². The van der Waals surface area contributed by atoms with Gasteiger partial charge in [0.25, 0.3) is 0 Å². The van der Waals surface area contributed by atoms with E-state index in [0.29, 0.717) is 25.9 Å². The van der Waals surface area contributed by atoms with E-state index in [-0.39, 0.29) is 29.1 Å². The number of hydrogen-bond acceptors (Lipinski definition) is 4. The highest BCUT2D eigenvalue weighted by Crippen LogP contribution is 2.63. The SMILES string of the molecule is CCNC(C)(CCCN1C(=O)C2C(C1=O)C2(C)C)C(N)=O. The Morgan fingerprint density at radius 2 is 1.86 bits per heavy atom. The predicted octanol–water partition coefficient (Wildman–Crippen LogP) is 0.261. The Morgan fingerprint density at radius 3 is 2.29 bits per heavy atom. The fourth-order valence-electron chi connectivity index (χ4n) is 3.50. The monoisotopic (exact) mass is 295 g/mol. The number of amides is 3. The van der Waals surface area contributed by atoms with E-state index in [0.717, 1.165) is 0 Å². The number of likely N-dealkylation sites (tertiary alicyclic amines) is 1. The number of nitrogens with two attached hydrogens (primary N) is 1. The van der Waals surface area contributed by atoms with E-state index in [1.807, 2.05) is 20.8 Å². The summed E-state index contributed by atoms with van der Waals surface area (Å²) in [5.74, 6) is -0.798. The van der Waals surface area contributed by atoms with Crippen LogP contribution in [0.4, 0.5) is 0 Å². The molecule has 1 aliphatic carbocycles. The van der Waals surface area contributed by atoms with Crippen molar-refractivity contribution < 1.29 is 14.4 Å². The molecule has 1 aliphatic heterocycles. The average Bonchev–Trinajstić information content (AvgIpc) is 2.85. The van der Waals surface area contributed by atoms with Crippen molar-refractivity contribution in [1.29, 1.82) is 0 Å². The Hall–Kier alpha value is -1.43. The van der Waals surface area contributed by atoms with E-state index < -0.39 is 11.4 Å². The third kappa shape index (κ3) is 2.46. The quantitative estimate of drug-likeness (QED) is 0.659. The molecule has 0 bridgehead atoms. The van der Waals surface area contributed by atoms with Crippen LogP contribution in [0.15, 0.2) is 0 Å².